The zero-order valence-electron chi connectivity index (χ0n) is 15.5. The summed E-state index contributed by atoms with van der Waals surface area (Å²) in [6.45, 7) is 4.44. The molecule has 1 atom stereocenters. The van der Waals surface area contributed by atoms with Crippen molar-refractivity contribution in [3.05, 3.63) is 71.4 Å². The molecule has 0 radical (unpaired) electrons. The molecule has 4 rings (SSSR count). The summed E-state index contributed by atoms with van der Waals surface area (Å²) in [6, 6.07) is 21.1. The Morgan fingerprint density at radius 1 is 1.07 bits per heavy atom. The van der Waals surface area contributed by atoms with E-state index in [1.165, 1.54) is 5.56 Å². The predicted molar refractivity (Wildman–Crippen MR) is 111 cm³/mol. The van der Waals surface area contributed by atoms with Gasteiger partial charge in [-0.2, -0.15) is 0 Å². The van der Waals surface area contributed by atoms with Crippen molar-refractivity contribution in [2.45, 2.75) is 12.6 Å². The summed E-state index contributed by atoms with van der Waals surface area (Å²) in [5.41, 5.74) is 1.34. The number of hydrogen-bond acceptors (Lipinski definition) is 4. The maximum absolute atomic E-state index is 6.32. The predicted octanol–water partition coefficient (Wildman–Crippen LogP) is 4.23. The van der Waals surface area contributed by atoms with Crippen LogP contribution in [0.3, 0.4) is 0 Å². The molecular weight excluding hydrogens is 358 g/mol. The molecule has 0 saturated carbocycles. The first kappa shape index (κ1) is 18.2. The summed E-state index contributed by atoms with van der Waals surface area (Å²) in [7, 11) is 1.76. The number of piperazine rings is 1. The summed E-state index contributed by atoms with van der Waals surface area (Å²) >= 11 is 6.32. The van der Waals surface area contributed by atoms with Crippen LogP contribution in [-0.2, 0) is 11.3 Å². The highest BCUT2D eigenvalue weighted by molar-refractivity contribution is 6.30. The van der Waals surface area contributed by atoms with Crippen molar-refractivity contribution in [1.82, 2.24) is 9.88 Å². The number of methoxy groups -OCH3 is 1. The molecule has 0 N–H and O–H groups in total. The summed E-state index contributed by atoms with van der Waals surface area (Å²) in [5.74, 6) is 0.958. The molecule has 1 aliphatic rings. The SMILES string of the molecule is COCC1CN(Cc2ccccc2)CCN1c1nc(Cl)cc2ccccc12. The first-order valence-corrected chi connectivity index (χ1v) is 9.69. The second-order valence-corrected chi connectivity index (χ2v) is 7.40. The number of benzene rings is 2. The van der Waals surface area contributed by atoms with Gasteiger partial charge in [-0.1, -0.05) is 66.2 Å². The van der Waals surface area contributed by atoms with Crippen LogP contribution in [-0.4, -0.2) is 49.3 Å². The average molecular weight is 382 g/mol. The van der Waals surface area contributed by atoms with Gasteiger partial charge in [0.25, 0.3) is 0 Å². The van der Waals surface area contributed by atoms with Gasteiger partial charge in [-0.25, -0.2) is 4.98 Å². The van der Waals surface area contributed by atoms with Gasteiger partial charge in [0.05, 0.1) is 12.6 Å². The van der Waals surface area contributed by atoms with Crippen molar-refractivity contribution < 1.29 is 4.74 Å². The van der Waals surface area contributed by atoms with Crippen LogP contribution < -0.4 is 4.90 Å². The fourth-order valence-corrected chi connectivity index (χ4v) is 4.08. The molecule has 1 fully saturated rings. The molecule has 2 heterocycles. The minimum atomic E-state index is 0.238. The van der Waals surface area contributed by atoms with E-state index in [-0.39, 0.29) is 6.04 Å². The van der Waals surface area contributed by atoms with E-state index in [1.54, 1.807) is 7.11 Å². The van der Waals surface area contributed by atoms with Crippen molar-refractivity contribution in [2.75, 3.05) is 38.3 Å². The van der Waals surface area contributed by atoms with E-state index in [4.69, 9.17) is 16.3 Å². The fraction of sp³-hybridized carbons (Fsp3) is 0.318. The maximum Gasteiger partial charge on any atom is 0.138 e. The van der Waals surface area contributed by atoms with Crippen LogP contribution in [0.2, 0.25) is 5.15 Å². The first-order valence-electron chi connectivity index (χ1n) is 9.32. The second kappa shape index (κ2) is 8.26. The lowest BCUT2D eigenvalue weighted by atomic mass is 10.1. The van der Waals surface area contributed by atoms with Crippen molar-refractivity contribution in [2.24, 2.45) is 0 Å². The van der Waals surface area contributed by atoms with Crippen LogP contribution in [0.15, 0.2) is 60.7 Å². The number of halogens is 1. The smallest absolute Gasteiger partial charge is 0.138 e. The summed E-state index contributed by atoms with van der Waals surface area (Å²) < 4.78 is 5.54. The zero-order chi connectivity index (χ0) is 18.6. The monoisotopic (exact) mass is 381 g/mol. The minimum Gasteiger partial charge on any atom is -0.383 e. The van der Waals surface area contributed by atoms with Gasteiger partial charge in [0.1, 0.15) is 11.0 Å². The first-order chi connectivity index (χ1) is 13.2. The normalized spacial score (nSPS) is 18.1. The average Bonchev–Trinajstić information content (AvgIpc) is 2.69. The lowest BCUT2D eigenvalue weighted by Crippen LogP contribution is -2.55. The van der Waals surface area contributed by atoms with Gasteiger partial charge < -0.3 is 9.64 Å². The van der Waals surface area contributed by atoms with E-state index < -0.39 is 0 Å². The Morgan fingerprint density at radius 3 is 2.67 bits per heavy atom. The Kier molecular flexibility index (Phi) is 5.58. The second-order valence-electron chi connectivity index (χ2n) is 7.01. The van der Waals surface area contributed by atoms with Crippen molar-refractivity contribution in [3.8, 4) is 0 Å². The zero-order valence-corrected chi connectivity index (χ0v) is 16.3. The number of fused-ring (bicyclic) bond motifs is 1. The van der Waals surface area contributed by atoms with Crippen LogP contribution >= 0.6 is 11.6 Å². The number of pyridine rings is 1. The summed E-state index contributed by atoms with van der Waals surface area (Å²) in [4.78, 5) is 9.53. The molecule has 3 aromatic rings. The third-order valence-corrected chi connectivity index (χ3v) is 5.33. The lowest BCUT2D eigenvalue weighted by Gasteiger charge is -2.42. The van der Waals surface area contributed by atoms with Crippen LogP contribution in [0.25, 0.3) is 10.8 Å². The molecule has 4 nitrogen and oxygen atoms in total. The molecule has 1 aliphatic heterocycles. The molecule has 27 heavy (non-hydrogen) atoms. The van der Waals surface area contributed by atoms with Crippen molar-refractivity contribution >= 4 is 28.2 Å². The molecule has 1 saturated heterocycles. The molecule has 1 unspecified atom stereocenters. The standard InChI is InChI=1S/C22H24ClN3O/c1-27-16-19-15-25(14-17-7-3-2-4-8-17)11-12-26(19)22-20-10-6-5-9-18(20)13-21(23)24-22/h2-10,13,19H,11-12,14-16H2,1H3. The molecule has 0 aliphatic carbocycles. The van der Waals surface area contributed by atoms with E-state index in [9.17, 15) is 0 Å². The number of aromatic nitrogens is 1. The van der Waals surface area contributed by atoms with Gasteiger partial charge in [-0.15, -0.1) is 0 Å². The summed E-state index contributed by atoms with van der Waals surface area (Å²) in [6.07, 6.45) is 0. The van der Waals surface area contributed by atoms with Gasteiger partial charge in [0, 0.05) is 38.7 Å². The molecule has 0 amide bonds. The molecule has 0 bridgehead atoms. The molecule has 2 aromatic carbocycles. The third-order valence-electron chi connectivity index (χ3n) is 5.14. The molecule has 1 aromatic heterocycles. The Morgan fingerprint density at radius 2 is 1.85 bits per heavy atom. The maximum atomic E-state index is 6.32. The number of anilines is 1. The van der Waals surface area contributed by atoms with E-state index >= 15 is 0 Å². The van der Waals surface area contributed by atoms with Crippen LogP contribution in [0, 0.1) is 0 Å². The molecule has 140 valence electrons. The Hall–Kier alpha value is -2.14. The van der Waals surface area contributed by atoms with Crippen molar-refractivity contribution in [3.63, 3.8) is 0 Å². The highest BCUT2D eigenvalue weighted by atomic mass is 35.5. The van der Waals surface area contributed by atoms with E-state index in [0.717, 1.165) is 42.8 Å². The molecular formula is C22H24ClN3O. The highest BCUT2D eigenvalue weighted by Gasteiger charge is 2.29. The van der Waals surface area contributed by atoms with Crippen LogP contribution in [0.4, 0.5) is 5.82 Å². The van der Waals surface area contributed by atoms with Gasteiger partial charge in [0.15, 0.2) is 0 Å². The summed E-state index contributed by atoms with van der Waals surface area (Å²) in [5, 5.41) is 2.79. The lowest BCUT2D eigenvalue weighted by molar-refractivity contribution is 0.129. The van der Waals surface area contributed by atoms with Gasteiger partial charge in [-0.3, -0.25) is 4.90 Å². The van der Waals surface area contributed by atoms with Gasteiger partial charge in [-0.05, 0) is 17.0 Å². The molecule has 0 spiro atoms. The highest BCUT2D eigenvalue weighted by Crippen LogP contribution is 2.30. The Bertz CT molecular complexity index is 902. The van der Waals surface area contributed by atoms with Gasteiger partial charge >= 0.3 is 0 Å². The van der Waals surface area contributed by atoms with Gasteiger partial charge in [0.2, 0.25) is 0 Å². The fourth-order valence-electron chi connectivity index (χ4n) is 3.89. The number of ether oxygens (including phenoxy) is 1. The molecule has 5 heteroatoms. The minimum absolute atomic E-state index is 0.238. The van der Waals surface area contributed by atoms with Crippen molar-refractivity contribution in [1.29, 1.82) is 0 Å². The number of rotatable bonds is 5. The Balaban J connectivity index is 1.60. The number of nitrogens with zero attached hydrogens (tertiary/aromatic N) is 3. The largest absolute Gasteiger partial charge is 0.383 e. The Labute approximate surface area is 165 Å². The van der Waals surface area contributed by atoms with E-state index in [2.05, 4.69) is 63.3 Å². The topological polar surface area (TPSA) is 28.6 Å². The number of hydrogen-bond donors (Lipinski definition) is 0. The third kappa shape index (κ3) is 4.08. The van der Waals surface area contributed by atoms with E-state index in [0.29, 0.717) is 11.8 Å². The van der Waals surface area contributed by atoms with Crippen LogP contribution in [0.5, 0.6) is 0 Å². The van der Waals surface area contributed by atoms with Crippen LogP contribution in [0.1, 0.15) is 5.56 Å². The quantitative estimate of drug-likeness (QED) is 0.618. The van der Waals surface area contributed by atoms with E-state index in [1.807, 2.05) is 12.1 Å².